The van der Waals surface area contributed by atoms with Crippen molar-refractivity contribution in [2.45, 2.75) is 13.8 Å². The summed E-state index contributed by atoms with van der Waals surface area (Å²) in [4.78, 5) is 22.1. The van der Waals surface area contributed by atoms with E-state index in [2.05, 4.69) is 115 Å². The Balaban J connectivity index is 1.23. The summed E-state index contributed by atoms with van der Waals surface area (Å²) in [5.41, 5.74) is 15.5. The second-order valence-corrected chi connectivity index (χ2v) is 18.0. The minimum absolute atomic E-state index is 0.398. The zero-order valence-corrected chi connectivity index (χ0v) is 39.8. The summed E-state index contributed by atoms with van der Waals surface area (Å²) >= 11 is 0. The van der Waals surface area contributed by atoms with Gasteiger partial charge in [0.1, 0.15) is 11.6 Å². The van der Waals surface area contributed by atoms with E-state index in [1.54, 1.807) is 0 Å². The maximum atomic E-state index is 11.2. The van der Waals surface area contributed by atoms with E-state index in [1.807, 2.05) is 123 Å². The summed E-state index contributed by atoms with van der Waals surface area (Å²) in [6.07, 6.45) is 0. The van der Waals surface area contributed by atoms with Crippen molar-refractivity contribution < 1.29 is 0 Å². The lowest BCUT2D eigenvalue weighted by atomic mass is 10.0. The Bertz CT molecular complexity index is 4020. The topological polar surface area (TPSA) is 129 Å². The number of nitrogens with zero attached hydrogens (tertiary/aromatic N) is 10. The number of aryl methyl sites for hydroxylation is 2. The van der Waals surface area contributed by atoms with Crippen molar-refractivity contribution in [3.05, 3.63) is 233 Å². The van der Waals surface area contributed by atoms with Crippen LogP contribution in [0.3, 0.4) is 0 Å². The molecule has 0 radical (unpaired) electrons. The molecule has 0 bridgehead atoms. The molecular formula is C64H36N10. The molecule has 3 aromatic heterocycles. The third-order valence-electron chi connectivity index (χ3n) is 13.7. The molecule has 0 unspecified atom stereocenters. The molecule has 0 atom stereocenters. The lowest BCUT2D eigenvalue weighted by molar-refractivity contribution is 0.924. The van der Waals surface area contributed by atoms with Gasteiger partial charge in [-0.15, -0.1) is 0 Å². The Hall–Kier alpha value is -11.0. The third kappa shape index (κ3) is 7.52. The first-order valence-corrected chi connectivity index (χ1v) is 23.6. The van der Waals surface area contributed by atoms with Crippen molar-refractivity contribution >= 4 is 55.0 Å². The van der Waals surface area contributed by atoms with Gasteiger partial charge in [0, 0.05) is 21.5 Å². The predicted octanol–water partition coefficient (Wildman–Crippen LogP) is 15.7. The van der Waals surface area contributed by atoms with Crippen LogP contribution in [0.4, 0.5) is 11.4 Å². The average molecular weight is 945 g/mol. The monoisotopic (exact) mass is 944 g/mol. The number of hydrogen-bond acceptors (Lipinski definition) is 6. The van der Waals surface area contributed by atoms with E-state index in [0.29, 0.717) is 62.5 Å². The number of hydrogen-bond donors (Lipinski definition) is 0. The molecule has 0 aliphatic heterocycles. The summed E-state index contributed by atoms with van der Waals surface area (Å²) in [5, 5.41) is 34.5. The molecule has 0 aliphatic rings. The first kappa shape index (κ1) is 44.3. The van der Waals surface area contributed by atoms with Crippen LogP contribution in [0.25, 0.3) is 121 Å². The van der Waals surface area contributed by atoms with Crippen molar-refractivity contribution in [3.8, 4) is 85.5 Å². The molecule has 0 N–H and O–H groups in total. The van der Waals surface area contributed by atoms with E-state index < -0.39 is 0 Å². The molecule has 10 heteroatoms. The number of benzene rings is 9. The smallest absolute Gasteiger partial charge is 0.187 e. The molecular weight excluding hydrogens is 909 g/mol. The van der Waals surface area contributed by atoms with E-state index in [0.717, 1.165) is 88.1 Å². The fraction of sp³-hybridized carbons (Fsp3) is 0.0312. The summed E-state index contributed by atoms with van der Waals surface area (Å²) in [7, 11) is 0. The second kappa shape index (κ2) is 17.8. The van der Waals surface area contributed by atoms with E-state index in [1.165, 1.54) is 0 Å². The molecule has 0 amide bonds. The van der Waals surface area contributed by atoms with E-state index in [-0.39, 0.29) is 0 Å². The molecule has 0 spiro atoms. The van der Waals surface area contributed by atoms with Crippen molar-refractivity contribution in [3.63, 3.8) is 0 Å². The summed E-state index contributed by atoms with van der Waals surface area (Å²) < 4.78 is 4.42. The fourth-order valence-electron chi connectivity index (χ4n) is 10.2. The van der Waals surface area contributed by atoms with Crippen molar-refractivity contribution in [1.29, 1.82) is 15.8 Å². The third-order valence-corrected chi connectivity index (χ3v) is 13.7. The number of nitriles is 3. The van der Waals surface area contributed by atoms with Gasteiger partial charge < -0.3 is 9.13 Å². The Labute approximate surface area is 425 Å². The Morgan fingerprint density at radius 2 is 0.662 bits per heavy atom. The highest BCUT2D eigenvalue weighted by molar-refractivity contribution is 6.14. The predicted molar refractivity (Wildman–Crippen MR) is 292 cm³/mol. The van der Waals surface area contributed by atoms with Gasteiger partial charge in [-0.25, -0.2) is 24.6 Å². The molecule has 9 aromatic carbocycles. The van der Waals surface area contributed by atoms with Gasteiger partial charge in [-0.05, 0) is 119 Å². The Kier molecular flexibility index (Phi) is 10.6. The zero-order valence-electron chi connectivity index (χ0n) is 39.8. The van der Waals surface area contributed by atoms with Crippen molar-refractivity contribution in [2.75, 3.05) is 0 Å². The van der Waals surface area contributed by atoms with E-state index in [4.69, 9.17) is 23.1 Å². The zero-order chi connectivity index (χ0) is 50.6. The first-order chi connectivity index (χ1) is 36.2. The quantitative estimate of drug-likeness (QED) is 0.146. The molecule has 0 fully saturated rings. The van der Waals surface area contributed by atoms with Crippen molar-refractivity contribution in [1.82, 2.24) is 24.1 Å². The minimum Gasteiger partial charge on any atom is -0.308 e. The van der Waals surface area contributed by atoms with Gasteiger partial charge in [0.15, 0.2) is 17.2 Å². The number of aromatic nitrogens is 5. The lowest BCUT2D eigenvalue weighted by Crippen LogP contribution is -2.08. The van der Waals surface area contributed by atoms with Gasteiger partial charge in [-0.1, -0.05) is 121 Å². The molecule has 74 heavy (non-hydrogen) atoms. The van der Waals surface area contributed by atoms with Gasteiger partial charge in [0.2, 0.25) is 0 Å². The summed E-state index contributed by atoms with van der Waals surface area (Å²) in [6, 6.07) is 66.6. The van der Waals surface area contributed by atoms with Crippen LogP contribution < -0.4 is 0 Å². The molecule has 12 aromatic rings. The van der Waals surface area contributed by atoms with E-state index in [9.17, 15) is 15.8 Å². The highest BCUT2D eigenvalue weighted by Gasteiger charge is 2.26. The van der Waals surface area contributed by atoms with Gasteiger partial charge >= 0.3 is 0 Å². The highest BCUT2D eigenvalue weighted by Crippen LogP contribution is 2.45. The van der Waals surface area contributed by atoms with Crippen molar-refractivity contribution in [2.24, 2.45) is 0 Å². The fourth-order valence-corrected chi connectivity index (χ4v) is 10.2. The van der Waals surface area contributed by atoms with Gasteiger partial charge in [-0.3, -0.25) is 0 Å². The van der Waals surface area contributed by atoms with Crippen LogP contribution in [-0.2, 0) is 0 Å². The van der Waals surface area contributed by atoms with Gasteiger partial charge in [-0.2, -0.15) is 15.8 Å². The van der Waals surface area contributed by atoms with Crippen LogP contribution in [0.2, 0.25) is 0 Å². The van der Waals surface area contributed by atoms with Crippen LogP contribution in [-0.4, -0.2) is 24.1 Å². The number of fused-ring (bicyclic) bond motifs is 6. The minimum atomic E-state index is 0.398. The molecule has 0 saturated heterocycles. The molecule has 10 nitrogen and oxygen atoms in total. The van der Waals surface area contributed by atoms with Crippen LogP contribution in [0.5, 0.6) is 0 Å². The van der Waals surface area contributed by atoms with Crippen LogP contribution >= 0.6 is 0 Å². The van der Waals surface area contributed by atoms with Gasteiger partial charge in [0.25, 0.3) is 0 Å². The SMILES string of the molecule is [C-]#[N+]c1ccc(-c2ccc3c4ccc(-c5ccc(C#N)cc5)cc4n(-c4cc(C#N)cc(-n5c6cc(-c7ccc(C#N)cc7)ccc6c6ccc(-c7ccc([N+]#[C-])cc7)cc65)c4-c4nc(C)nc(C)n4)c3c2)cc1. The summed E-state index contributed by atoms with van der Waals surface area (Å²) in [5.74, 6) is 1.47. The van der Waals surface area contributed by atoms with Crippen LogP contribution in [0.1, 0.15) is 28.3 Å². The molecule has 12 rings (SSSR count). The maximum absolute atomic E-state index is 11.2. The van der Waals surface area contributed by atoms with Gasteiger partial charge in [0.05, 0.1) is 87.0 Å². The number of rotatable bonds is 7. The first-order valence-electron chi connectivity index (χ1n) is 23.6. The Morgan fingerprint density at radius 1 is 0.365 bits per heavy atom. The molecule has 0 saturated carbocycles. The average Bonchev–Trinajstić information content (AvgIpc) is 3.95. The van der Waals surface area contributed by atoms with Crippen LogP contribution in [0, 0.1) is 61.0 Å². The molecule has 0 aliphatic carbocycles. The lowest BCUT2D eigenvalue weighted by Gasteiger charge is -2.20. The summed E-state index contributed by atoms with van der Waals surface area (Å²) in [6.45, 7) is 18.9. The van der Waals surface area contributed by atoms with Crippen LogP contribution in [0.15, 0.2) is 182 Å². The maximum Gasteiger partial charge on any atom is 0.187 e. The molecule has 342 valence electrons. The van der Waals surface area contributed by atoms with E-state index >= 15 is 0 Å². The Morgan fingerprint density at radius 3 is 0.959 bits per heavy atom. The highest BCUT2D eigenvalue weighted by atomic mass is 15.1. The second-order valence-electron chi connectivity index (χ2n) is 18.0. The normalized spacial score (nSPS) is 11.0. The largest absolute Gasteiger partial charge is 0.308 e. The standard InChI is InChI=1S/C64H36N10/c1-38-70-39(2)72-64(71-38)63-61(73-57-31-47(43-9-5-40(35-65)6-10-43)17-25-53(57)55-27-19-49(33-59(55)73)45-13-21-51(68-3)22-14-45)29-42(37-67)30-62(63)74-58-32-48(44-11-7-41(36-66)8-12-44)18-26-54(58)56-28-20-50(34-60(56)74)46-15-23-52(69-4)24-16-46/h5-34H,1-2H3. The molecule has 3 heterocycles.